The summed E-state index contributed by atoms with van der Waals surface area (Å²) in [7, 11) is 1.85. The average molecular weight is 504 g/mol. The Balaban J connectivity index is 1.52. The Labute approximate surface area is 211 Å². The summed E-state index contributed by atoms with van der Waals surface area (Å²) in [6.07, 6.45) is 1.73. The molecule has 0 unspecified atom stereocenters. The third-order valence-corrected chi connectivity index (χ3v) is 6.94. The molecule has 5 aromatic rings. The number of para-hydroxylation sites is 1. The lowest BCUT2D eigenvalue weighted by atomic mass is 10.2. The number of fused-ring (bicyclic) bond motifs is 1. The quantitative estimate of drug-likeness (QED) is 0.252. The van der Waals surface area contributed by atoms with E-state index >= 15 is 0 Å². The van der Waals surface area contributed by atoms with Gasteiger partial charge in [0.1, 0.15) is 5.03 Å². The molecule has 0 saturated carbocycles. The fraction of sp³-hybridized carbons (Fsp3) is 0.160. The van der Waals surface area contributed by atoms with Crippen molar-refractivity contribution in [2.45, 2.75) is 18.9 Å². The molecule has 3 aromatic heterocycles. The highest BCUT2D eigenvalue weighted by Gasteiger charge is 2.19. The van der Waals surface area contributed by atoms with Crippen LogP contribution >= 0.6 is 23.4 Å². The molecule has 8 nitrogen and oxygen atoms in total. The van der Waals surface area contributed by atoms with E-state index in [0.29, 0.717) is 27.1 Å². The second-order valence-corrected chi connectivity index (χ2v) is 9.34. The number of rotatable bonds is 6. The Morgan fingerprint density at radius 2 is 1.80 bits per heavy atom. The minimum atomic E-state index is -0.143. The molecular formula is C25H22ClN7OS. The lowest BCUT2D eigenvalue weighted by molar-refractivity contribution is -0.113. The summed E-state index contributed by atoms with van der Waals surface area (Å²) in [5.74, 6) is 0.497. The van der Waals surface area contributed by atoms with Crippen LogP contribution in [-0.2, 0) is 11.8 Å². The molecule has 2 aromatic carbocycles. The van der Waals surface area contributed by atoms with E-state index in [1.54, 1.807) is 21.6 Å². The third kappa shape index (κ3) is 4.52. The van der Waals surface area contributed by atoms with Gasteiger partial charge in [0.2, 0.25) is 5.91 Å². The predicted molar refractivity (Wildman–Crippen MR) is 139 cm³/mol. The van der Waals surface area contributed by atoms with Gasteiger partial charge in [0.25, 0.3) is 0 Å². The molecule has 0 spiro atoms. The average Bonchev–Trinajstić information content (AvgIpc) is 3.39. The molecule has 0 aliphatic carbocycles. The number of hydrogen-bond donors (Lipinski definition) is 1. The number of nitrogens with zero attached hydrogens (tertiary/aromatic N) is 6. The standard InChI is InChI=1S/C25H22ClN7OS/c1-15-22(16(2)32(3)31-15)28-21(34)14-35-25-19-13-27-33(17-9-5-4-6-10-17)24(19)29-23(30-25)18-11-7-8-12-20(18)26/h4-13H,14H2,1-3H3,(H,28,34). The first-order chi connectivity index (χ1) is 16.9. The van der Waals surface area contributed by atoms with Gasteiger partial charge in [0.05, 0.1) is 45.1 Å². The Hall–Kier alpha value is -3.69. The van der Waals surface area contributed by atoms with Gasteiger partial charge in [-0.1, -0.05) is 53.7 Å². The maximum atomic E-state index is 12.8. The molecule has 1 N–H and O–H groups in total. The minimum absolute atomic E-state index is 0.143. The van der Waals surface area contributed by atoms with Gasteiger partial charge in [0.15, 0.2) is 11.5 Å². The Morgan fingerprint density at radius 3 is 2.51 bits per heavy atom. The Morgan fingerprint density at radius 1 is 1.06 bits per heavy atom. The second-order valence-electron chi connectivity index (χ2n) is 7.97. The van der Waals surface area contributed by atoms with Crippen molar-refractivity contribution in [3.8, 4) is 17.1 Å². The van der Waals surface area contributed by atoms with Gasteiger partial charge in [0, 0.05) is 12.6 Å². The Kier molecular flexibility index (Phi) is 6.27. The van der Waals surface area contributed by atoms with Crippen LogP contribution in [0.25, 0.3) is 28.1 Å². The van der Waals surface area contributed by atoms with Gasteiger partial charge >= 0.3 is 0 Å². The summed E-state index contributed by atoms with van der Waals surface area (Å²) in [5, 5.41) is 13.9. The number of aryl methyl sites for hydroxylation is 2. The summed E-state index contributed by atoms with van der Waals surface area (Å²) in [6, 6.07) is 17.2. The molecule has 1 amide bonds. The van der Waals surface area contributed by atoms with E-state index in [2.05, 4.69) is 15.5 Å². The number of thioether (sulfide) groups is 1. The van der Waals surface area contributed by atoms with Crippen LogP contribution in [0.3, 0.4) is 0 Å². The first-order valence-electron chi connectivity index (χ1n) is 10.9. The van der Waals surface area contributed by atoms with Crippen LogP contribution in [0.4, 0.5) is 5.69 Å². The van der Waals surface area contributed by atoms with Gasteiger partial charge < -0.3 is 5.32 Å². The zero-order valence-electron chi connectivity index (χ0n) is 19.4. The largest absolute Gasteiger partial charge is 0.322 e. The van der Waals surface area contributed by atoms with Crippen molar-refractivity contribution in [1.82, 2.24) is 29.5 Å². The number of nitrogens with one attached hydrogen (secondary N) is 1. The van der Waals surface area contributed by atoms with E-state index in [4.69, 9.17) is 21.6 Å². The fourth-order valence-electron chi connectivity index (χ4n) is 3.78. The fourth-order valence-corrected chi connectivity index (χ4v) is 4.79. The van der Waals surface area contributed by atoms with Crippen LogP contribution in [0.5, 0.6) is 0 Å². The van der Waals surface area contributed by atoms with E-state index in [-0.39, 0.29) is 11.7 Å². The van der Waals surface area contributed by atoms with Gasteiger partial charge in [-0.3, -0.25) is 9.48 Å². The van der Waals surface area contributed by atoms with Crippen LogP contribution in [-0.4, -0.2) is 41.2 Å². The SMILES string of the molecule is Cc1nn(C)c(C)c1NC(=O)CSc1nc(-c2ccccc2Cl)nc2c1cnn2-c1ccccc1. The number of hydrogen-bond acceptors (Lipinski definition) is 6. The zero-order valence-corrected chi connectivity index (χ0v) is 20.9. The summed E-state index contributed by atoms with van der Waals surface area (Å²) in [6.45, 7) is 3.79. The van der Waals surface area contributed by atoms with E-state index in [0.717, 1.165) is 28.1 Å². The molecule has 0 fully saturated rings. The smallest absolute Gasteiger partial charge is 0.234 e. The first-order valence-corrected chi connectivity index (χ1v) is 12.3. The number of anilines is 1. The molecule has 0 radical (unpaired) electrons. The highest BCUT2D eigenvalue weighted by atomic mass is 35.5. The minimum Gasteiger partial charge on any atom is -0.322 e. The lowest BCUT2D eigenvalue weighted by Crippen LogP contribution is -2.15. The molecule has 10 heteroatoms. The van der Waals surface area contributed by atoms with Crippen molar-refractivity contribution >= 4 is 46.0 Å². The van der Waals surface area contributed by atoms with Crippen molar-refractivity contribution in [2.24, 2.45) is 7.05 Å². The maximum absolute atomic E-state index is 12.8. The van der Waals surface area contributed by atoms with Crippen LogP contribution in [0.15, 0.2) is 65.8 Å². The van der Waals surface area contributed by atoms with Crippen LogP contribution < -0.4 is 5.32 Å². The van der Waals surface area contributed by atoms with Gasteiger partial charge in [-0.15, -0.1) is 0 Å². The summed E-state index contributed by atoms with van der Waals surface area (Å²) >= 11 is 7.79. The maximum Gasteiger partial charge on any atom is 0.234 e. The zero-order chi connectivity index (χ0) is 24.5. The molecule has 0 atom stereocenters. The lowest BCUT2D eigenvalue weighted by Gasteiger charge is -2.09. The van der Waals surface area contributed by atoms with Crippen molar-refractivity contribution in [3.63, 3.8) is 0 Å². The number of aromatic nitrogens is 6. The van der Waals surface area contributed by atoms with Crippen LogP contribution in [0.2, 0.25) is 5.02 Å². The van der Waals surface area contributed by atoms with Crippen LogP contribution in [0, 0.1) is 13.8 Å². The summed E-state index contributed by atoms with van der Waals surface area (Å²) in [5.41, 5.74) is 4.64. The van der Waals surface area contributed by atoms with Crippen molar-refractivity contribution in [1.29, 1.82) is 0 Å². The highest BCUT2D eigenvalue weighted by molar-refractivity contribution is 8.00. The van der Waals surface area contributed by atoms with E-state index < -0.39 is 0 Å². The monoisotopic (exact) mass is 503 g/mol. The molecular weight excluding hydrogens is 482 g/mol. The molecule has 3 heterocycles. The molecule has 5 rings (SSSR count). The van der Waals surface area contributed by atoms with Crippen molar-refractivity contribution < 1.29 is 4.79 Å². The second kappa shape index (κ2) is 9.52. The third-order valence-electron chi connectivity index (χ3n) is 5.62. The predicted octanol–water partition coefficient (Wildman–Crippen LogP) is 5.22. The number of carbonyl (C=O) groups is 1. The topological polar surface area (TPSA) is 90.5 Å². The molecule has 0 aliphatic rings. The van der Waals surface area contributed by atoms with E-state index in [1.807, 2.05) is 69.4 Å². The number of carbonyl (C=O) groups excluding carboxylic acids is 1. The molecule has 0 saturated heterocycles. The molecule has 0 bridgehead atoms. The van der Waals surface area contributed by atoms with Crippen molar-refractivity contribution in [3.05, 3.63) is 77.2 Å². The summed E-state index contributed by atoms with van der Waals surface area (Å²) < 4.78 is 3.52. The number of benzene rings is 2. The van der Waals surface area contributed by atoms with E-state index in [1.165, 1.54) is 11.8 Å². The number of amides is 1. The normalized spacial score (nSPS) is 11.2. The molecule has 176 valence electrons. The molecule has 0 aliphatic heterocycles. The van der Waals surface area contributed by atoms with Crippen LogP contribution in [0.1, 0.15) is 11.4 Å². The van der Waals surface area contributed by atoms with Gasteiger partial charge in [-0.05, 0) is 38.1 Å². The van der Waals surface area contributed by atoms with Crippen molar-refractivity contribution in [2.75, 3.05) is 11.1 Å². The first kappa shape index (κ1) is 23.1. The summed E-state index contributed by atoms with van der Waals surface area (Å²) in [4.78, 5) is 22.4. The van der Waals surface area contributed by atoms with Gasteiger partial charge in [-0.2, -0.15) is 10.2 Å². The number of halogens is 1. The van der Waals surface area contributed by atoms with Gasteiger partial charge in [-0.25, -0.2) is 14.6 Å². The molecule has 35 heavy (non-hydrogen) atoms. The Bertz CT molecular complexity index is 1540. The van der Waals surface area contributed by atoms with E-state index in [9.17, 15) is 4.79 Å². The highest BCUT2D eigenvalue weighted by Crippen LogP contribution is 2.32.